The van der Waals surface area contributed by atoms with Gasteiger partial charge in [-0.25, -0.2) is 4.39 Å². The van der Waals surface area contributed by atoms with Crippen LogP contribution in [0.4, 0.5) is 4.39 Å². The van der Waals surface area contributed by atoms with Crippen LogP contribution in [0.3, 0.4) is 0 Å². The zero-order valence-electron chi connectivity index (χ0n) is 11.5. The monoisotopic (exact) mass is 294 g/mol. The van der Waals surface area contributed by atoms with E-state index in [4.69, 9.17) is 9.47 Å². The molecule has 106 valence electrons. The topological polar surface area (TPSA) is 35.5 Å². The minimum atomic E-state index is -0.608. The van der Waals surface area contributed by atoms with Crippen molar-refractivity contribution in [3.05, 3.63) is 45.4 Å². The third-order valence-electron chi connectivity index (χ3n) is 3.05. The van der Waals surface area contributed by atoms with Crippen LogP contribution in [0.2, 0.25) is 0 Å². The van der Waals surface area contributed by atoms with Gasteiger partial charge in [0.05, 0.1) is 24.7 Å². The van der Waals surface area contributed by atoms with Crippen LogP contribution in [0.15, 0.2) is 23.6 Å². The summed E-state index contributed by atoms with van der Waals surface area (Å²) in [6, 6.07) is 4.44. The van der Waals surface area contributed by atoms with Gasteiger partial charge in [0.15, 0.2) is 11.5 Å². The molecule has 0 unspecified atom stereocenters. The summed E-state index contributed by atoms with van der Waals surface area (Å²) >= 11 is 1.32. The highest BCUT2D eigenvalue weighted by Crippen LogP contribution is 2.32. The molecule has 0 N–H and O–H groups in total. The standard InChI is InChI=1S/C15H15FO3S/c1-4-9-5-6-20-15(9)14(17)10-7-12(18-2)13(19-3)8-11(10)16/h5-8H,4H2,1-3H3. The number of hydrogen-bond acceptors (Lipinski definition) is 4. The second kappa shape index (κ2) is 6.05. The first-order chi connectivity index (χ1) is 9.62. The maximum atomic E-state index is 14.1. The summed E-state index contributed by atoms with van der Waals surface area (Å²) in [5.74, 6) is -0.325. The predicted molar refractivity (Wildman–Crippen MR) is 76.6 cm³/mol. The van der Waals surface area contributed by atoms with E-state index in [1.807, 2.05) is 18.4 Å². The average molecular weight is 294 g/mol. The molecule has 0 bridgehead atoms. The first kappa shape index (κ1) is 14.5. The van der Waals surface area contributed by atoms with Crippen molar-refractivity contribution in [1.29, 1.82) is 0 Å². The highest BCUT2D eigenvalue weighted by Gasteiger charge is 2.21. The molecule has 3 nitrogen and oxygen atoms in total. The fourth-order valence-corrected chi connectivity index (χ4v) is 2.91. The van der Waals surface area contributed by atoms with Crippen LogP contribution in [0, 0.1) is 5.82 Å². The first-order valence-corrected chi connectivity index (χ1v) is 7.02. The van der Waals surface area contributed by atoms with Crippen LogP contribution < -0.4 is 9.47 Å². The lowest BCUT2D eigenvalue weighted by atomic mass is 10.0. The van der Waals surface area contributed by atoms with E-state index < -0.39 is 5.82 Å². The van der Waals surface area contributed by atoms with E-state index >= 15 is 0 Å². The summed E-state index contributed by atoms with van der Waals surface area (Å²) < 4.78 is 24.2. The molecule has 0 atom stereocenters. The summed E-state index contributed by atoms with van der Waals surface area (Å²) in [6.07, 6.45) is 0.736. The van der Waals surface area contributed by atoms with Gasteiger partial charge in [-0.3, -0.25) is 4.79 Å². The lowest BCUT2D eigenvalue weighted by molar-refractivity contribution is 0.103. The Morgan fingerprint density at radius 2 is 1.90 bits per heavy atom. The fraction of sp³-hybridized carbons (Fsp3) is 0.267. The molecule has 1 heterocycles. The number of hydrogen-bond donors (Lipinski definition) is 0. The SMILES string of the molecule is CCc1ccsc1C(=O)c1cc(OC)c(OC)cc1F. The number of benzene rings is 1. The third kappa shape index (κ3) is 2.54. The molecule has 0 aliphatic heterocycles. The van der Waals surface area contributed by atoms with Crippen molar-refractivity contribution in [3.8, 4) is 11.5 Å². The number of carbonyl (C=O) groups is 1. The van der Waals surface area contributed by atoms with Crippen molar-refractivity contribution in [2.45, 2.75) is 13.3 Å². The predicted octanol–water partition coefficient (Wildman–Crippen LogP) is 3.70. The smallest absolute Gasteiger partial charge is 0.206 e. The number of aryl methyl sites for hydroxylation is 1. The average Bonchev–Trinajstić information content (AvgIpc) is 2.94. The molecule has 0 aliphatic carbocycles. The second-order valence-corrected chi connectivity index (χ2v) is 5.06. The lowest BCUT2D eigenvalue weighted by Crippen LogP contribution is -2.06. The molecule has 0 spiro atoms. The van der Waals surface area contributed by atoms with Gasteiger partial charge >= 0.3 is 0 Å². The molecule has 1 aromatic heterocycles. The zero-order valence-corrected chi connectivity index (χ0v) is 12.3. The highest BCUT2D eigenvalue weighted by molar-refractivity contribution is 7.12. The van der Waals surface area contributed by atoms with E-state index in [1.54, 1.807) is 0 Å². The number of methoxy groups -OCH3 is 2. The maximum Gasteiger partial charge on any atom is 0.206 e. The molecule has 0 saturated heterocycles. The van der Waals surface area contributed by atoms with Gasteiger partial charge in [-0.05, 0) is 29.5 Å². The Morgan fingerprint density at radius 3 is 2.50 bits per heavy atom. The summed E-state index contributed by atoms with van der Waals surface area (Å²) in [7, 11) is 2.87. The van der Waals surface area contributed by atoms with Gasteiger partial charge in [0.2, 0.25) is 5.78 Å². The van der Waals surface area contributed by atoms with Crippen LogP contribution in [0.1, 0.15) is 27.7 Å². The van der Waals surface area contributed by atoms with Crippen molar-refractivity contribution in [3.63, 3.8) is 0 Å². The Labute approximate surface area is 121 Å². The normalized spacial score (nSPS) is 10.4. The van der Waals surface area contributed by atoms with Crippen LogP contribution >= 0.6 is 11.3 Å². The third-order valence-corrected chi connectivity index (χ3v) is 4.01. The zero-order chi connectivity index (χ0) is 14.7. The van der Waals surface area contributed by atoms with Crippen molar-refractivity contribution >= 4 is 17.1 Å². The molecular weight excluding hydrogens is 279 g/mol. The molecule has 20 heavy (non-hydrogen) atoms. The minimum Gasteiger partial charge on any atom is -0.493 e. The quantitative estimate of drug-likeness (QED) is 0.789. The van der Waals surface area contributed by atoms with E-state index in [0.29, 0.717) is 10.6 Å². The van der Waals surface area contributed by atoms with Gasteiger partial charge in [-0.1, -0.05) is 6.92 Å². The van der Waals surface area contributed by atoms with Crippen LogP contribution in [-0.4, -0.2) is 20.0 Å². The first-order valence-electron chi connectivity index (χ1n) is 6.15. The largest absolute Gasteiger partial charge is 0.493 e. The number of thiophene rings is 1. The van der Waals surface area contributed by atoms with Gasteiger partial charge in [0.1, 0.15) is 5.82 Å². The van der Waals surface area contributed by atoms with Crippen LogP contribution in [-0.2, 0) is 6.42 Å². The molecule has 0 aliphatic rings. The summed E-state index contributed by atoms with van der Waals surface area (Å²) in [6.45, 7) is 1.96. The van der Waals surface area contributed by atoms with Crippen molar-refractivity contribution in [2.75, 3.05) is 14.2 Å². The van der Waals surface area contributed by atoms with Gasteiger partial charge in [-0.2, -0.15) is 0 Å². The van der Waals surface area contributed by atoms with E-state index in [-0.39, 0.29) is 17.1 Å². The Bertz CT molecular complexity index is 634. The van der Waals surface area contributed by atoms with Gasteiger partial charge in [-0.15, -0.1) is 11.3 Å². The van der Waals surface area contributed by atoms with E-state index in [1.165, 1.54) is 37.7 Å². The molecule has 0 radical (unpaired) electrons. The van der Waals surface area contributed by atoms with Gasteiger partial charge in [0.25, 0.3) is 0 Å². The number of carbonyl (C=O) groups excluding carboxylic acids is 1. The van der Waals surface area contributed by atoms with Crippen molar-refractivity contribution in [2.24, 2.45) is 0 Å². The Hall–Kier alpha value is -1.88. The molecule has 1 aromatic carbocycles. The van der Waals surface area contributed by atoms with Gasteiger partial charge < -0.3 is 9.47 Å². The van der Waals surface area contributed by atoms with Crippen molar-refractivity contribution < 1.29 is 18.7 Å². The summed E-state index contributed by atoms with van der Waals surface area (Å²) in [5.41, 5.74) is 0.925. The van der Waals surface area contributed by atoms with Crippen LogP contribution in [0.25, 0.3) is 0 Å². The Morgan fingerprint density at radius 1 is 1.25 bits per heavy atom. The van der Waals surface area contributed by atoms with E-state index in [2.05, 4.69) is 0 Å². The second-order valence-electron chi connectivity index (χ2n) is 4.14. The minimum absolute atomic E-state index is 0.000185. The molecule has 0 amide bonds. The molecule has 2 rings (SSSR count). The molecule has 0 saturated carbocycles. The number of ketones is 1. The molecular formula is C15H15FO3S. The molecule has 0 fully saturated rings. The fourth-order valence-electron chi connectivity index (χ4n) is 1.96. The Kier molecular flexibility index (Phi) is 4.39. The summed E-state index contributed by atoms with van der Waals surface area (Å²) in [5, 5.41) is 1.84. The number of rotatable bonds is 5. The summed E-state index contributed by atoms with van der Waals surface area (Å²) in [4.78, 5) is 13.0. The van der Waals surface area contributed by atoms with Crippen molar-refractivity contribution in [1.82, 2.24) is 0 Å². The van der Waals surface area contributed by atoms with Gasteiger partial charge in [0, 0.05) is 6.07 Å². The number of ether oxygens (including phenoxy) is 2. The highest BCUT2D eigenvalue weighted by atomic mass is 32.1. The van der Waals surface area contributed by atoms with E-state index in [0.717, 1.165) is 12.0 Å². The molecule has 2 aromatic rings. The number of halogens is 1. The Balaban J connectivity index is 2.50. The lowest BCUT2D eigenvalue weighted by Gasteiger charge is -2.10. The van der Waals surface area contributed by atoms with Crippen LogP contribution in [0.5, 0.6) is 11.5 Å². The molecule has 5 heteroatoms. The van der Waals surface area contributed by atoms with E-state index in [9.17, 15) is 9.18 Å². The maximum absolute atomic E-state index is 14.1.